The van der Waals surface area contributed by atoms with Crippen LogP contribution in [0, 0.1) is 11.6 Å². The molecular formula is C22H21F2NO. The van der Waals surface area contributed by atoms with E-state index in [1.54, 1.807) is 31.4 Å². The van der Waals surface area contributed by atoms with Crippen molar-refractivity contribution >= 4 is 0 Å². The fraction of sp³-hybridized carbons (Fsp3) is 0.182. The van der Waals surface area contributed by atoms with Crippen molar-refractivity contribution in [2.75, 3.05) is 7.11 Å². The summed E-state index contributed by atoms with van der Waals surface area (Å²) in [6, 6.07) is 20.2. The second kappa shape index (κ2) is 8.11. The van der Waals surface area contributed by atoms with Crippen molar-refractivity contribution in [3.8, 4) is 5.75 Å². The Morgan fingerprint density at radius 3 is 1.77 bits per heavy atom. The average Bonchev–Trinajstić information content (AvgIpc) is 2.67. The van der Waals surface area contributed by atoms with Crippen molar-refractivity contribution in [1.29, 1.82) is 0 Å². The number of methoxy groups -OCH3 is 1. The number of ether oxygens (including phenoxy) is 1. The zero-order valence-electron chi connectivity index (χ0n) is 14.7. The fourth-order valence-corrected chi connectivity index (χ4v) is 3.06. The van der Waals surface area contributed by atoms with Crippen LogP contribution in [0.4, 0.5) is 8.78 Å². The van der Waals surface area contributed by atoms with E-state index in [2.05, 4.69) is 5.32 Å². The van der Waals surface area contributed by atoms with Gasteiger partial charge in [-0.3, -0.25) is 5.32 Å². The first kappa shape index (κ1) is 18.1. The number of halogens is 2. The van der Waals surface area contributed by atoms with E-state index in [0.717, 1.165) is 22.4 Å². The highest BCUT2D eigenvalue weighted by atomic mass is 19.1. The van der Waals surface area contributed by atoms with Crippen LogP contribution in [-0.2, 0) is 0 Å². The van der Waals surface area contributed by atoms with E-state index < -0.39 is 0 Å². The van der Waals surface area contributed by atoms with Gasteiger partial charge in [-0.05, 0) is 48.4 Å². The molecular weight excluding hydrogens is 332 g/mol. The van der Waals surface area contributed by atoms with Crippen LogP contribution in [0.15, 0.2) is 72.8 Å². The third-order valence-corrected chi connectivity index (χ3v) is 4.43. The van der Waals surface area contributed by atoms with E-state index in [0.29, 0.717) is 0 Å². The molecule has 0 spiro atoms. The molecule has 0 bridgehead atoms. The molecule has 134 valence electrons. The summed E-state index contributed by atoms with van der Waals surface area (Å²) in [5, 5.41) is 3.55. The van der Waals surface area contributed by atoms with Gasteiger partial charge >= 0.3 is 0 Å². The van der Waals surface area contributed by atoms with Gasteiger partial charge in [-0.2, -0.15) is 0 Å². The summed E-state index contributed by atoms with van der Waals surface area (Å²) in [5.41, 5.74) is 2.82. The molecule has 2 nitrogen and oxygen atoms in total. The standard InChI is InChI=1S/C22H21F2NO/c1-15(20-5-3-4-6-21(20)26-2)25-22(16-7-11-18(23)12-8-16)17-9-13-19(24)14-10-17/h3-15,22,25H,1-2H3/t15-/m1/s1. The number of para-hydroxylation sites is 1. The predicted molar refractivity (Wildman–Crippen MR) is 99.2 cm³/mol. The molecule has 0 amide bonds. The van der Waals surface area contributed by atoms with E-state index in [-0.39, 0.29) is 23.7 Å². The second-order valence-corrected chi connectivity index (χ2v) is 6.17. The van der Waals surface area contributed by atoms with Crippen LogP contribution in [0.25, 0.3) is 0 Å². The fourth-order valence-electron chi connectivity index (χ4n) is 3.06. The highest BCUT2D eigenvalue weighted by molar-refractivity contribution is 5.37. The van der Waals surface area contributed by atoms with E-state index in [1.165, 1.54) is 24.3 Å². The molecule has 0 aliphatic carbocycles. The first-order valence-electron chi connectivity index (χ1n) is 8.48. The summed E-state index contributed by atoms with van der Waals surface area (Å²) in [6.07, 6.45) is 0. The van der Waals surface area contributed by atoms with Gasteiger partial charge in [0.1, 0.15) is 17.4 Å². The molecule has 3 rings (SSSR count). The first-order valence-corrected chi connectivity index (χ1v) is 8.48. The summed E-state index contributed by atoms with van der Waals surface area (Å²) in [5.74, 6) is 0.221. The lowest BCUT2D eigenvalue weighted by Crippen LogP contribution is -2.26. The minimum absolute atomic E-state index is 0.0359. The van der Waals surface area contributed by atoms with Crippen LogP contribution in [0.5, 0.6) is 5.75 Å². The predicted octanol–water partition coefficient (Wildman–Crippen LogP) is 5.41. The maximum atomic E-state index is 13.3. The Morgan fingerprint density at radius 1 is 0.769 bits per heavy atom. The van der Waals surface area contributed by atoms with Gasteiger partial charge in [-0.15, -0.1) is 0 Å². The van der Waals surface area contributed by atoms with E-state index in [1.807, 2.05) is 31.2 Å². The Hall–Kier alpha value is -2.72. The van der Waals surface area contributed by atoms with Crippen LogP contribution in [0.1, 0.15) is 35.7 Å². The minimum atomic E-state index is -0.288. The molecule has 3 aromatic rings. The quantitative estimate of drug-likeness (QED) is 0.639. The topological polar surface area (TPSA) is 21.3 Å². The normalized spacial score (nSPS) is 12.2. The number of benzene rings is 3. The van der Waals surface area contributed by atoms with Crippen molar-refractivity contribution < 1.29 is 13.5 Å². The molecule has 0 saturated carbocycles. The summed E-state index contributed by atoms with van der Waals surface area (Å²) in [7, 11) is 1.64. The molecule has 0 aliphatic rings. The van der Waals surface area contributed by atoms with Crippen molar-refractivity contribution in [2.45, 2.75) is 19.0 Å². The maximum Gasteiger partial charge on any atom is 0.123 e. The molecule has 26 heavy (non-hydrogen) atoms. The van der Waals surface area contributed by atoms with Crippen molar-refractivity contribution in [2.24, 2.45) is 0 Å². The molecule has 0 aliphatic heterocycles. The molecule has 0 saturated heterocycles. The zero-order valence-corrected chi connectivity index (χ0v) is 14.7. The van der Waals surface area contributed by atoms with E-state index in [4.69, 9.17) is 4.74 Å². The molecule has 0 aromatic heterocycles. The Morgan fingerprint density at radius 2 is 1.27 bits per heavy atom. The third-order valence-electron chi connectivity index (χ3n) is 4.43. The number of hydrogen-bond donors (Lipinski definition) is 1. The van der Waals surface area contributed by atoms with Crippen LogP contribution in [0.3, 0.4) is 0 Å². The molecule has 1 atom stereocenters. The first-order chi connectivity index (χ1) is 12.6. The Bertz CT molecular complexity index is 801. The minimum Gasteiger partial charge on any atom is -0.496 e. The Balaban J connectivity index is 1.95. The molecule has 0 heterocycles. The molecule has 3 aromatic carbocycles. The molecule has 0 radical (unpaired) electrons. The molecule has 0 fully saturated rings. The van der Waals surface area contributed by atoms with Crippen molar-refractivity contribution in [3.05, 3.63) is 101 Å². The van der Waals surface area contributed by atoms with Gasteiger partial charge in [0.05, 0.1) is 13.2 Å². The largest absolute Gasteiger partial charge is 0.496 e. The Kier molecular flexibility index (Phi) is 5.64. The van der Waals surface area contributed by atoms with Crippen LogP contribution in [-0.4, -0.2) is 7.11 Å². The van der Waals surface area contributed by atoms with Gasteiger partial charge < -0.3 is 4.74 Å². The van der Waals surface area contributed by atoms with Gasteiger partial charge in [0.15, 0.2) is 0 Å². The number of nitrogens with one attached hydrogen (secondary N) is 1. The summed E-state index contributed by atoms with van der Waals surface area (Å²) in [6.45, 7) is 2.04. The highest BCUT2D eigenvalue weighted by Gasteiger charge is 2.19. The van der Waals surface area contributed by atoms with E-state index >= 15 is 0 Å². The average molecular weight is 353 g/mol. The van der Waals surface area contributed by atoms with E-state index in [9.17, 15) is 8.78 Å². The summed E-state index contributed by atoms with van der Waals surface area (Å²) < 4.78 is 32.1. The van der Waals surface area contributed by atoms with Crippen molar-refractivity contribution in [1.82, 2.24) is 5.32 Å². The molecule has 1 N–H and O–H groups in total. The zero-order chi connectivity index (χ0) is 18.5. The SMILES string of the molecule is COc1ccccc1[C@@H](C)NC(c1ccc(F)cc1)c1ccc(F)cc1. The monoisotopic (exact) mass is 353 g/mol. The van der Waals surface area contributed by atoms with Crippen molar-refractivity contribution in [3.63, 3.8) is 0 Å². The van der Waals surface area contributed by atoms with Gasteiger partial charge in [0, 0.05) is 11.6 Å². The smallest absolute Gasteiger partial charge is 0.123 e. The lowest BCUT2D eigenvalue weighted by molar-refractivity contribution is 0.398. The Labute approximate surface area is 152 Å². The van der Waals surface area contributed by atoms with Gasteiger partial charge in [-0.1, -0.05) is 42.5 Å². The lowest BCUT2D eigenvalue weighted by atomic mass is 9.96. The van der Waals surface area contributed by atoms with Gasteiger partial charge in [-0.25, -0.2) is 8.78 Å². The van der Waals surface area contributed by atoms with Gasteiger partial charge in [0.2, 0.25) is 0 Å². The third kappa shape index (κ3) is 4.09. The molecule has 0 unspecified atom stereocenters. The van der Waals surface area contributed by atoms with Crippen LogP contribution < -0.4 is 10.1 Å². The molecule has 4 heteroatoms. The van der Waals surface area contributed by atoms with Crippen LogP contribution in [0.2, 0.25) is 0 Å². The van der Waals surface area contributed by atoms with Crippen LogP contribution >= 0.6 is 0 Å². The number of hydrogen-bond acceptors (Lipinski definition) is 2. The number of rotatable bonds is 6. The van der Waals surface area contributed by atoms with Gasteiger partial charge in [0.25, 0.3) is 0 Å². The lowest BCUT2D eigenvalue weighted by Gasteiger charge is -2.25. The highest BCUT2D eigenvalue weighted by Crippen LogP contribution is 2.30. The maximum absolute atomic E-state index is 13.3. The summed E-state index contributed by atoms with van der Waals surface area (Å²) >= 11 is 0. The second-order valence-electron chi connectivity index (χ2n) is 6.17. The summed E-state index contributed by atoms with van der Waals surface area (Å²) in [4.78, 5) is 0.